The number of nitrogens with one attached hydrogen (secondary N) is 2. The van der Waals surface area contributed by atoms with Crippen molar-refractivity contribution in [3.05, 3.63) is 39.7 Å². The Kier molecular flexibility index (Phi) is 4.32. The summed E-state index contributed by atoms with van der Waals surface area (Å²) in [4.78, 5) is 8.65. The summed E-state index contributed by atoms with van der Waals surface area (Å²) in [5.41, 5.74) is 3.54. The number of hydrogen-bond acceptors (Lipinski definition) is 5. The maximum Gasteiger partial charge on any atom is 0.145 e. The molecule has 0 saturated heterocycles. The van der Waals surface area contributed by atoms with Crippen LogP contribution in [-0.4, -0.2) is 9.97 Å². The molecule has 4 N–H and O–H groups in total. The van der Waals surface area contributed by atoms with Crippen LogP contribution in [0.25, 0.3) is 0 Å². The summed E-state index contributed by atoms with van der Waals surface area (Å²) < 4.78 is 1.17. The van der Waals surface area contributed by atoms with Gasteiger partial charge in [-0.05, 0) is 40.8 Å². The van der Waals surface area contributed by atoms with Gasteiger partial charge in [-0.25, -0.2) is 15.8 Å². The highest BCUT2D eigenvalue weighted by Crippen LogP contribution is 2.19. The third-order valence-corrected chi connectivity index (χ3v) is 3.00. The van der Waals surface area contributed by atoms with E-state index in [2.05, 4.69) is 43.3 Å². The Morgan fingerprint density at radius 3 is 2.67 bits per heavy atom. The minimum Gasteiger partial charge on any atom is -0.340 e. The Bertz CT molecular complexity index is 521. The van der Waals surface area contributed by atoms with E-state index in [1.54, 1.807) is 6.07 Å². The first-order valence-electron chi connectivity index (χ1n) is 5.58. The lowest BCUT2D eigenvalue weighted by atomic mass is 10.3. The summed E-state index contributed by atoms with van der Waals surface area (Å²) in [7, 11) is 0. The Labute approximate surface area is 119 Å². The summed E-state index contributed by atoms with van der Waals surface area (Å²) in [5, 5.41) is 3.24. The molecular formula is C12H14IN5. The van der Waals surface area contributed by atoms with Gasteiger partial charge in [0, 0.05) is 21.7 Å². The average molecular weight is 355 g/mol. The van der Waals surface area contributed by atoms with Crippen LogP contribution in [0, 0.1) is 3.57 Å². The van der Waals surface area contributed by atoms with Crippen LogP contribution in [0.5, 0.6) is 0 Å². The lowest BCUT2D eigenvalue weighted by Crippen LogP contribution is -2.11. The molecule has 18 heavy (non-hydrogen) atoms. The van der Waals surface area contributed by atoms with Crippen molar-refractivity contribution >= 4 is 39.9 Å². The Morgan fingerprint density at radius 2 is 2.00 bits per heavy atom. The lowest BCUT2D eigenvalue weighted by Gasteiger charge is -2.09. The first-order valence-corrected chi connectivity index (χ1v) is 6.66. The maximum atomic E-state index is 5.39. The van der Waals surface area contributed by atoms with Crippen LogP contribution in [-0.2, 0) is 6.42 Å². The van der Waals surface area contributed by atoms with Gasteiger partial charge in [0.1, 0.15) is 17.5 Å². The molecule has 2 aromatic rings. The molecule has 0 spiro atoms. The van der Waals surface area contributed by atoms with Crippen molar-refractivity contribution in [3.63, 3.8) is 0 Å². The Balaban J connectivity index is 2.28. The quantitative estimate of drug-likeness (QED) is 0.447. The van der Waals surface area contributed by atoms with Gasteiger partial charge in [-0.1, -0.05) is 13.0 Å². The number of anilines is 3. The number of nitrogen functional groups attached to an aromatic ring is 1. The predicted octanol–water partition coefficient (Wildman–Crippen LogP) is 2.67. The second kappa shape index (κ2) is 5.96. The van der Waals surface area contributed by atoms with Crippen molar-refractivity contribution in [1.29, 1.82) is 0 Å². The summed E-state index contributed by atoms with van der Waals surface area (Å²) in [6, 6.07) is 9.85. The molecule has 94 valence electrons. The normalized spacial score (nSPS) is 10.2. The van der Waals surface area contributed by atoms with Crippen molar-refractivity contribution in [1.82, 2.24) is 9.97 Å². The van der Waals surface area contributed by atoms with Gasteiger partial charge in [0.2, 0.25) is 0 Å². The highest BCUT2D eigenvalue weighted by atomic mass is 127. The fraction of sp³-hybridized carbons (Fsp3) is 0.167. The highest BCUT2D eigenvalue weighted by molar-refractivity contribution is 14.1. The van der Waals surface area contributed by atoms with Crippen LogP contribution in [0.2, 0.25) is 0 Å². The number of halogens is 1. The van der Waals surface area contributed by atoms with Crippen LogP contribution in [0.3, 0.4) is 0 Å². The molecule has 0 radical (unpaired) electrons. The molecule has 0 bridgehead atoms. The molecule has 0 amide bonds. The third-order valence-electron chi connectivity index (χ3n) is 2.33. The molecule has 0 aliphatic carbocycles. The van der Waals surface area contributed by atoms with E-state index in [0.29, 0.717) is 5.82 Å². The molecular weight excluding hydrogens is 341 g/mol. The number of hydrogen-bond donors (Lipinski definition) is 3. The molecule has 2 rings (SSSR count). The number of rotatable bonds is 4. The number of nitrogens with two attached hydrogens (primary N) is 1. The van der Waals surface area contributed by atoms with E-state index in [0.717, 1.165) is 23.8 Å². The molecule has 0 aliphatic rings. The van der Waals surface area contributed by atoms with E-state index in [1.165, 1.54) is 3.57 Å². The minimum absolute atomic E-state index is 0.606. The number of benzene rings is 1. The smallest absolute Gasteiger partial charge is 0.145 e. The summed E-state index contributed by atoms with van der Waals surface area (Å²) in [6.07, 6.45) is 0.760. The van der Waals surface area contributed by atoms with E-state index < -0.39 is 0 Å². The van der Waals surface area contributed by atoms with Gasteiger partial charge in [-0.3, -0.25) is 0 Å². The SMILES string of the molecule is CCc1nc(NN)cc(Nc2cccc(I)c2)n1. The fourth-order valence-corrected chi connectivity index (χ4v) is 2.05. The molecule has 5 nitrogen and oxygen atoms in total. The van der Waals surface area contributed by atoms with E-state index >= 15 is 0 Å². The Hall–Kier alpha value is -1.41. The lowest BCUT2D eigenvalue weighted by molar-refractivity contribution is 0.941. The zero-order valence-corrected chi connectivity index (χ0v) is 12.1. The van der Waals surface area contributed by atoms with Crippen LogP contribution < -0.4 is 16.6 Å². The first-order chi connectivity index (χ1) is 8.71. The van der Waals surface area contributed by atoms with Gasteiger partial charge >= 0.3 is 0 Å². The van der Waals surface area contributed by atoms with Gasteiger partial charge in [0.15, 0.2) is 0 Å². The van der Waals surface area contributed by atoms with Crippen LogP contribution in [0.15, 0.2) is 30.3 Å². The number of aryl methyl sites for hydroxylation is 1. The predicted molar refractivity (Wildman–Crippen MR) is 81.7 cm³/mol. The minimum atomic E-state index is 0.606. The third kappa shape index (κ3) is 3.30. The molecule has 1 aromatic heterocycles. The fourth-order valence-electron chi connectivity index (χ4n) is 1.51. The molecule has 1 heterocycles. The zero-order chi connectivity index (χ0) is 13.0. The van der Waals surface area contributed by atoms with Crippen LogP contribution in [0.1, 0.15) is 12.7 Å². The van der Waals surface area contributed by atoms with Gasteiger partial charge in [0.25, 0.3) is 0 Å². The van der Waals surface area contributed by atoms with Crippen molar-refractivity contribution in [2.75, 3.05) is 10.7 Å². The van der Waals surface area contributed by atoms with Gasteiger partial charge < -0.3 is 10.7 Å². The van der Waals surface area contributed by atoms with Crippen LogP contribution >= 0.6 is 22.6 Å². The molecule has 0 unspecified atom stereocenters. The summed E-state index contributed by atoms with van der Waals surface area (Å²) >= 11 is 2.27. The van der Waals surface area contributed by atoms with Gasteiger partial charge in [-0.2, -0.15) is 0 Å². The van der Waals surface area contributed by atoms with Gasteiger partial charge in [0.05, 0.1) is 0 Å². The molecule has 1 aromatic carbocycles. The molecule has 0 aliphatic heterocycles. The van der Waals surface area contributed by atoms with Crippen LogP contribution in [0.4, 0.5) is 17.3 Å². The van der Waals surface area contributed by atoms with Crippen molar-refractivity contribution in [2.24, 2.45) is 5.84 Å². The zero-order valence-electron chi connectivity index (χ0n) is 9.94. The monoisotopic (exact) mass is 355 g/mol. The topological polar surface area (TPSA) is 75.9 Å². The van der Waals surface area contributed by atoms with Gasteiger partial charge in [-0.15, -0.1) is 0 Å². The highest BCUT2D eigenvalue weighted by Gasteiger charge is 2.03. The molecule has 6 heteroatoms. The summed E-state index contributed by atoms with van der Waals surface area (Å²) in [6.45, 7) is 2.00. The maximum absolute atomic E-state index is 5.39. The second-order valence-electron chi connectivity index (χ2n) is 3.69. The second-order valence-corrected chi connectivity index (χ2v) is 4.93. The Morgan fingerprint density at radius 1 is 1.22 bits per heavy atom. The van der Waals surface area contributed by atoms with Crippen molar-refractivity contribution in [3.8, 4) is 0 Å². The molecule has 0 saturated carbocycles. The molecule has 0 fully saturated rings. The standard InChI is InChI=1S/C12H14IN5/c1-2-10-16-11(7-12(17-10)18-14)15-9-5-3-4-8(13)6-9/h3-7H,2,14H2,1H3,(H2,15,16,17,18). The summed E-state index contributed by atoms with van der Waals surface area (Å²) in [5.74, 6) is 7.48. The van der Waals surface area contributed by atoms with E-state index in [9.17, 15) is 0 Å². The van der Waals surface area contributed by atoms with Crippen molar-refractivity contribution in [2.45, 2.75) is 13.3 Å². The average Bonchev–Trinajstić information content (AvgIpc) is 2.38. The number of hydrazine groups is 1. The molecule has 0 atom stereocenters. The number of nitrogens with zero attached hydrogens (tertiary/aromatic N) is 2. The largest absolute Gasteiger partial charge is 0.340 e. The van der Waals surface area contributed by atoms with E-state index in [1.807, 2.05) is 31.2 Å². The van der Waals surface area contributed by atoms with E-state index in [-0.39, 0.29) is 0 Å². The van der Waals surface area contributed by atoms with E-state index in [4.69, 9.17) is 5.84 Å². The first kappa shape index (κ1) is 13.0. The number of aromatic nitrogens is 2. The van der Waals surface area contributed by atoms with Crippen molar-refractivity contribution < 1.29 is 0 Å².